The van der Waals surface area contributed by atoms with Crippen LogP contribution in [0.3, 0.4) is 0 Å². The molecule has 0 spiro atoms. The largest absolute Gasteiger partial charge is 0.399 e. The van der Waals surface area contributed by atoms with Crippen LogP contribution in [0.1, 0.15) is 23.6 Å². The number of nitrogens with zero attached hydrogens (tertiary/aromatic N) is 1. The Morgan fingerprint density at radius 1 is 1.28 bits per heavy atom. The second-order valence-corrected chi connectivity index (χ2v) is 4.95. The number of pyridine rings is 1. The summed E-state index contributed by atoms with van der Waals surface area (Å²) in [5.41, 5.74) is 10.3. The van der Waals surface area contributed by atoms with Gasteiger partial charge in [-0.15, -0.1) is 0 Å². The zero-order valence-corrected chi connectivity index (χ0v) is 10.6. The van der Waals surface area contributed by atoms with Gasteiger partial charge in [-0.25, -0.2) is 4.98 Å². The fraction of sp³-hybridized carbons (Fsp3) is 0.214. The SMILES string of the molecule is Nc1ccc2c(c1)CCC2Nc1ccc(Cl)nc1. The molecule has 3 rings (SSSR count). The summed E-state index contributed by atoms with van der Waals surface area (Å²) in [5.74, 6) is 0. The molecule has 1 aromatic heterocycles. The summed E-state index contributed by atoms with van der Waals surface area (Å²) < 4.78 is 0. The first kappa shape index (κ1) is 11.4. The Bertz CT molecular complexity index is 566. The molecule has 18 heavy (non-hydrogen) atoms. The van der Waals surface area contributed by atoms with Gasteiger partial charge < -0.3 is 11.1 Å². The maximum absolute atomic E-state index is 5.80. The van der Waals surface area contributed by atoms with Crippen molar-refractivity contribution < 1.29 is 0 Å². The van der Waals surface area contributed by atoms with Crippen molar-refractivity contribution in [2.45, 2.75) is 18.9 Å². The number of nitrogens with one attached hydrogen (secondary N) is 1. The van der Waals surface area contributed by atoms with Crippen molar-refractivity contribution in [1.82, 2.24) is 4.98 Å². The summed E-state index contributed by atoms with van der Waals surface area (Å²) in [4.78, 5) is 4.07. The quantitative estimate of drug-likeness (QED) is 0.642. The number of rotatable bonds is 2. The number of halogens is 1. The predicted octanol–water partition coefficient (Wildman–Crippen LogP) is 3.42. The Hall–Kier alpha value is -1.74. The molecule has 3 nitrogen and oxygen atoms in total. The minimum atomic E-state index is 0.337. The van der Waals surface area contributed by atoms with E-state index in [9.17, 15) is 0 Å². The van der Waals surface area contributed by atoms with E-state index in [0.29, 0.717) is 11.2 Å². The van der Waals surface area contributed by atoms with Crippen LogP contribution in [-0.2, 0) is 6.42 Å². The van der Waals surface area contributed by atoms with Gasteiger partial charge in [-0.05, 0) is 48.2 Å². The first-order valence-corrected chi connectivity index (χ1v) is 6.36. The van der Waals surface area contributed by atoms with Crippen molar-refractivity contribution in [3.63, 3.8) is 0 Å². The topological polar surface area (TPSA) is 50.9 Å². The molecule has 0 fully saturated rings. The van der Waals surface area contributed by atoms with Crippen LogP contribution in [0.2, 0.25) is 5.15 Å². The number of nitrogens with two attached hydrogens (primary N) is 1. The molecule has 0 aliphatic heterocycles. The summed E-state index contributed by atoms with van der Waals surface area (Å²) in [6, 6.07) is 10.2. The second kappa shape index (κ2) is 4.50. The lowest BCUT2D eigenvalue weighted by Crippen LogP contribution is -2.07. The predicted molar refractivity (Wildman–Crippen MR) is 74.8 cm³/mol. The maximum Gasteiger partial charge on any atom is 0.129 e. The number of aromatic nitrogens is 1. The average molecular weight is 260 g/mol. The van der Waals surface area contributed by atoms with Crippen LogP contribution in [-0.4, -0.2) is 4.98 Å². The molecule has 1 aromatic carbocycles. The highest BCUT2D eigenvalue weighted by Gasteiger charge is 2.22. The highest BCUT2D eigenvalue weighted by atomic mass is 35.5. The Morgan fingerprint density at radius 3 is 2.94 bits per heavy atom. The molecule has 1 unspecified atom stereocenters. The molecule has 0 bridgehead atoms. The zero-order chi connectivity index (χ0) is 12.5. The number of fused-ring (bicyclic) bond motifs is 1. The summed E-state index contributed by atoms with van der Waals surface area (Å²) in [5, 5.41) is 4.00. The van der Waals surface area contributed by atoms with Gasteiger partial charge in [0.2, 0.25) is 0 Å². The second-order valence-electron chi connectivity index (χ2n) is 4.56. The Kier molecular flexibility index (Phi) is 2.84. The van der Waals surface area contributed by atoms with E-state index in [2.05, 4.69) is 22.4 Å². The van der Waals surface area contributed by atoms with Gasteiger partial charge in [0.05, 0.1) is 17.9 Å². The Labute approximate surface area is 111 Å². The highest BCUT2D eigenvalue weighted by Crippen LogP contribution is 2.34. The highest BCUT2D eigenvalue weighted by molar-refractivity contribution is 6.29. The van der Waals surface area contributed by atoms with Crippen LogP contribution in [0.4, 0.5) is 11.4 Å². The third-order valence-electron chi connectivity index (χ3n) is 3.31. The fourth-order valence-electron chi connectivity index (χ4n) is 2.45. The number of anilines is 2. The lowest BCUT2D eigenvalue weighted by molar-refractivity contribution is 0.761. The molecule has 3 N–H and O–H groups in total. The van der Waals surface area contributed by atoms with Crippen LogP contribution < -0.4 is 11.1 Å². The van der Waals surface area contributed by atoms with E-state index in [1.54, 1.807) is 12.3 Å². The van der Waals surface area contributed by atoms with E-state index >= 15 is 0 Å². The van der Waals surface area contributed by atoms with Crippen molar-refractivity contribution >= 4 is 23.0 Å². The van der Waals surface area contributed by atoms with Crippen LogP contribution in [0.25, 0.3) is 0 Å². The molecule has 0 saturated carbocycles. The lowest BCUT2D eigenvalue weighted by Gasteiger charge is -2.15. The molecule has 2 aromatic rings. The van der Waals surface area contributed by atoms with Gasteiger partial charge in [0.1, 0.15) is 5.15 Å². The molecule has 1 aliphatic rings. The number of hydrogen-bond acceptors (Lipinski definition) is 3. The van der Waals surface area contributed by atoms with Gasteiger partial charge >= 0.3 is 0 Å². The van der Waals surface area contributed by atoms with Gasteiger partial charge in [0.15, 0.2) is 0 Å². The van der Waals surface area contributed by atoms with Crippen LogP contribution >= 0.6 is 11.6 Å². The average Bonchev–Trinajstić information content (AvgIpc) is 2.74. The van der Waals surface area contributed by atoms with Crippen molar-refractivity contribution in [3.05, 3.63) is 52.8 Å². The van der Waals surface area contributed by atoms with Crippen LogP contribution in [0, 0.1) is 0 Å². The lowest BCUT2D eigenvalue weighted by atomic mass is 10.1. The molecular weight excluding hydrogens is 246 g/mol. The molecule has 0 amide bonds. The molecule has 0 radical (unpaired) electrons. The van der Waals surface area contributed by atoms with Crippen molar-refractivity contribution in [1.29, 1.82) is 0 Å². The smallest absolute Gasteiger partial charge is 0.129 e. The third kappa shape index (κ3) is 2.14. The van der Waals surface area contributed by atoms with Crippen molar-refractivity contribution in [2.75, 3.05) is 11.1 Å². The first-order valence-electron chi connectivity index (χ1n) is 5.99. The van der Waals surface area contributed by atoms with E-state index in [0.717, 1.165) is 24.2 Å². The normalized spacial score (nSPS) is 17.5. The molecule has 1 heterocycles. The maximum atomic E-state index is 5.80. The molecule has 92 valence electrons. The van der Waals surface area contributed by atoms with E-state index < -0.39 is 0 Å². The fourth-order valence-corrected chi connectivity index (χ4v) is 2.56. The summed E-state index contributed by atoms with van der Waals surface area (Å²) in [7, 11) is 0. The monoisotopic (exact) mass is 259 g/mol. The minimum Gasteiger partial charge on any atom is -0.399 e. The van der Waals surface area contributed by atoms with Crippen molar-refractivity contribution in [2.24, 2.45) is 0 Å². The van der Waals surface area contributed by atoms with E-state index in [1.165, 1.54) is 11.1 Å². The zero-order valence-electron chi connectivity index (χ0n) is 9.86. The number of aryl methyl sites for hydroxylation is 1. The third-order valence-corrected chi connectivity index (χ3v) is 3.54. The Balaban J connectivity index is 1.82. The Morgan fingerprint density at radius 2 is 2.17 bits per heavy atom. The first-order chi connectivity index (χ1) is 8.72. The summed E-state index contributed by atoms with van der Waals surface area (Å²) >= 11 is 5.77. The molecule has 4 heteroatoms. The van der Waals surface area contributed by atoms with E-state index in [4.69, 9.17) is 17.3 Å². The number of benzene rings is 1. The van der Waals surface area contributed by atoms with E-state index in [1.807, 2.05) is 12.1 Å². The van der Waals surface area contributed by atoms with Gasteiger partial charge in [0.25, 0.3) is 0 Å². The standard InChI is InChI=1S/C14H14ClN3/c15-14-6-3-11(8-17-14)18-13-5-1-9-7-10(16)2-4-12(9)13/h2-4,6-8,13,18H,1,5,16H2. The van der Waals surface area contributed by atoms with Gasteiger partial charge in [-0.2, -0.15) is 0 Å². The summed E-state index contributed by atoms with van der Waals surface area (Å²) in [6.07, 6.45) is 3.91. The van der Waals surface area contributed by atoms with Gasteiger partial charge in [-0.3, -0.25) is 0 Å². The number of hydrogen-bond donors (Lipinski definition) is 2. The van der Waals surface area contributed by atoms with Crippen LogP contribution in [0.15, 0.2) is 36.5 Å². The molecule has 1 aliphatic carbocycles. The van der Waals surface area contributed by atoms with E-state index in [-0.39, 0.29) is 0 Å². The van der Waals surface area contributed by atoms with Crippen molar-refractivity contribution in [3.8, 4) is 0 Å². The number of nitrogen functional groups attached to an aromatic ring is 1. The molecule has 0 saturated heterocycles. The molecular formula is C14H14ClN3. The molecule has 1 atom stereocenters. The summed E-state index contributed by atoms with van der Waals surface area (Å²) in [6.45, 7) is 0. The van der Waals surface area contributed by atoms with Gasteiger partial charge in [-0.1, -0.05) is 17.7 Å². The van der Waals surface area contributed by atoms with Gasteiger partial charge in [0, 0.05) is 5.69 Å². The minimum absolute atomic E-state index is 0.337. The van der Waals surface area contributed by atoms with Crippen LogP contribution in [0.5, 0.6) is 0 Å².